The number of nitrogens with one attached hydrogen (secondary N) is 5. The monoisotopic (exact) mass is 531 g/mol. The molecule has 194 valence electrons. The molecule has 0 bridgehead atoms. The summed E-state index contributed by atoms with van der Waals surface area (Å²) in [7, 11) is -3.89. The number of H-pyrrole nitrogens is 1. The van der Waals surface area contributed by atoms with Gasteiger partial charge in [0.05, 0.1) is 17.0 Å². The van der Waals surface area contributed by atoms with Crippen LogP contribution in [0, 0.1) is 17.0 Å². The number of sulfonamides is 1. The predicted molar refractivity (Wildman–Crippen MR) is 138 cm³/mol. The van der Waals surface area contributed by atoms with Crippen molar-refractivity contribution < 1.29 is 22.0 Å². The summed E-state index contributed by atoms with van der Waals surface area (Å²) in [4.78, 5) is 20.2. The lowest BCUT2D eigenvalue weighted by atomic mass is 10.00. The van der Waals surface area contributed by atoms with E-state index in [1.165, 1.54) is 24.7 Å². The first-order valence-electron chi connectivity index (χ1n) is 10.6. The van der Waals surface area contributed by atoms with Crippen LogP contribution in [0.15, 0.2) is 47.0 Å². The zero-order valence-electron chi connectivity index (χ0n) is 19.5. The van der Waals surface area contributed by atoms with Gasteiger partial charge in [0.2, 0.25) is 21.8 Å². The van der Waals surface area contributed by atoms with E-state index in [0.717, 1.165) is 18.3 Å². The van der Waals surface area contributed by atoms with Crippen LogP contribution in [-0.2, 0) is 10.0 Å². The van der Waals surface area contributed by atoms with E-state index in [4.69, 9.17) is 11.3 Å². The number of hydrogen-bond donors (Lipinski definition) is 6. The number of allylic oxidation sites excluding steroid dienone is 1. The molecule has 0 unspecified atom stereocenters. The first-order chi connectivity index (χ1) is 17.6. The lowest BCUT2D eigenvalue weighted by Crippen LogP contribution is -2.31. The minimum absolute atomic E-state index is 0.0290. The van der Waals surface area contributed by atoms with E-state index in [9.17, 15) is 17.6 Å². The molecular weight excluding hydrogens is 508 g/mol. The Morgan fingerprint density at radius 2 is 2.11 bits per heavy atom. The Bertz CT molecular complexity index is 1530. The molecule has 0 aliphatic carbocycles. The second-order valence-corrected chi connectivity index (χ2v) is 9.33. The van der Waals surface area contributed by atoms with Crippen LogP contribution < -0.4 is 21.3 Å². The Hall–Kier alpha value is -4.66. The van der Waals surface area contributed by atoms with E-state index in [1.807, 2.05) is 4.72 Å². The molecule has 0 saturated heterocycles. The van der Waals surface area contributed by atoms with Crippen LogP contribution in [0.2, 0.25) is 0 Å². The Labute approximate surface area is 210 Å². The molecule has 0 spiro atoms. The van der Waals surface area contributed by atoms with Crippen LogP contribution in [0.1, 0.15) is 34.8 Å². The molecule has 0 atom stereocenters. The number of carbonyl (C=O) groups is 1. The van der Waals surface area contributed by atoms with Crippen LogP contribution >= 0.6 is 0 Å². The number of guanidine groups is 1. The van der Waals surface area contributed by atoms with Gasteiger partial charge in [-0.2, -0.15) is 5.10 Å². The number of aromatic amines is 1. The van der Waals surface area contributed by atoms with Gasteiger partial charge in [-0.25, -0.2) is 27.6 Å². The molecule has 3 aromatic rings. The van der Waals surface area contributed by atoms with Crippen molar-refractivity contribution in [2.75, 3.05) is 10.5 Å². The Morgan fingerprint density at radius 3 is 2.76 bits per heavy atom. The summed E-state index contributed by atoms with van der Waals surface area (Å²) in [5.74, 6) is 1.42. The van der Waals surface area contributed by atoms with Crippen molar-refractivity contribution in [1.82, 2.24) is 20.7 Å². The number of fused-ring (bicyclic) bond motifs is 1. The molecule has 1 aromatic carbocycles. The van der Waals surface area contributed by atoms with Gasteiger partial charge in [0.25, 0.3) is 0 Å². The summed E-state index contributed by atoms with van der Waals surface area (Å²) in [6.45, 7) is 4.87. The minimum atomic E-state index is -3.89. The lowest BCUT2D eigenvalue weighted by molar-refractivity contribution is 0.103. The van der Waals surface area contributed by atoms with Crippen LogP contribution in [0.5, 0.6) is 0 Å². The third-order valence-electron chi connectivity index (χ3n) is 5.00. The molecule has 0 aliphatic heterocycles. The smallest absolute Gasteiger partial charge is 0.237 e. The molecule has 3 rings (SSSR count). The molecule has 0 fully saturated rings. The van der Waals surface area contributed by atoms with Gasteiger partial charge in [-0.1, -0.05) is 6.92 Å². The summed E-state index contributed by atoms with van der Waals surface area (Å²) >= 11 is 0. The van der Waals surface area contributed by atoms with Crippen molar-refractivity contribution in [2.45, 2.75) is 13.3 Å². The molecule has 0 amide bonds. The standard InChI is InChI=1S/C22H23F2N9O3S/c1-3-6-37(35,36)33-17-5-4-16(23)18(19(17)24)20(34)15-11-29-21-14(15)7-12(9-28-21)13(8-25)10-30-22(31-26)32-27-2/h4-5,7-11,25,33H,2-3,6,26H2,1H3,(H,28,29)(H2,30,31,32)/b13-10+,25-8?. The first kappa shape index (κ1) is 26.9. The van der Waals surface area contributed by atoms with Crippen molar-refractivity contribution >= 4 is 57.0 Å². The topological polar surface area (TPSA) is 191 Å². The highest BCUT2D eigenvalue weighted by Crippen LogP contribution is 2.28. The number of carbonyl (C=O) groups excluding carboxylic acids is 1. The fourth-order valence-corrected chi connectivity index (χ4v) is 4.47. The lowest BCUT2D eigenvalue weighted by Gasteiger charge is -2.11. The van der Waals surface area contributed by atoms with E-state index in [0.29, 0.717) is 5.56 Å². The van der Waals surface area contributed by atoms with Gasteiger partial charge in [-0.05, 0) is 24.6 Å². The average Bonchev–Trinajstić information content (AvgIpc) is 3.29. The summed E-state index contributed by atoms with van der Waals surface area (Å²) in [5, 5.41) is 17.4. The largest absolute Gasteiger partial charge is 0.345 e. The number of nitrogens with two attached hydrogens (primary N) is 1. The highest BCUT2D eigenvalue weighted by molar-refractivity contribution is 7.92. The van der Waals surface area contributed by atoms with Gasteiger partial charge in [0.1, 0.15) is 11.5 Å². The first-order valence-corrected chi connectivity index (χ1v) is 12.3. The molecule has 0 aliphatic rings. The number of hydrazone groups is 2. The number of pyridine rings is 1. The maximum atomic E-state index is 15.2. The normalized spacial score (nSPS) is 12.3. The fraction of sp³-hybridized carbons (Fsp3) is 0.136. The number of halogens is 2. The number of anilines is 1. The van der Waals surface area contributed by atoms with Gasteiger partial charge in [-0.3, -0.25) is 9.52 Å². The minimum Gasteiger partial charge on any atom is -0.345 e. The molecular formula is C22H23F2N9O3S. The van der Waals surface area contributed by atoms with E-state index in [-0.39, 0.29) is 40.3 Å². The van der Waals surface area contributed by atoms with Crippen LogP contribution in [-0.4, -0.2) is 48.8 Å². The summed E-state index contributed by atoms with van der Waals surface area (Å²) < 4.78 is 56.0. The molecule has 0 radical (unpaired) electrons. The second kappa shape index (κ2) is 11.4. The third kappa shape index (κ3) is 5.95. The van der Waals surface area contributed by atoms with Crippen LogP contribution in [0.4, 0.5) is 14.5 Å². The zero-order valence-corrected chi connectivity index (χ0v) is 20.3. The van der Waals surface area contributed by atoms with Crippen molar-refractivity contribution in [3.05, 3.63) is 65.1 Å². The zero-order chi connectivity index (χ0) is 27.2. The quantitative estimate of drug-likeness (QED) is 0.0759. The molecule has 0 saturated carbocycles. The second-order valence-electron chi connectivity index (χ2n) is 7.49. The van der Waals surface area contributed by atoms with E-state index < -0.39 is 38.7 Å². The molecule has 2 aromatic heterocycles. The fourth-order valence-electron chi connectivity index (χ4n) is 3.34. The summed E-state index contributed by atoms with van der Waals surface area (Å²) in [6.07, 6.45) is 5.28. The van der Waals surface area contributed by atoms with Crippen molar-refractivity contribution in [1.29, 1.82) is 5.41 Å². The molecule has 12 nitrogen and oxygen atoms in total. The van der Waals surface area contributed by atoms with Crippen molar-refractivity contribution in [3.8, 4) is 0 Å². The van der Waals surface area contributed by atoms with Crippen molar-refractivity contribution in [2.24, 2.45) is 16.0 Å². The highest BCUT2D eigenvalue weighted by Gasteiger charge is 2.26. The van der Waals surface area contributed by atoms with Crippen LogP contribution in [0.3, 0.4) is 0 Å². The molecule has 37 heavy (non-hydrogen) atoms. The van der Waals surface area contributed by atoms with Gasteiger partial charge >= 0.3 is 0 Å². The van der Waals surface area contributed by atoms with Gasteiger partial charge in [0.15, 0.2) is 5.82 Å². The van der Waals surface area contributed by atoms with Crippen LogP contribution in [0.25, 0.3) is 16.6 Å². The maximum absolute atomic E-state index is 15.2. The number of ketones is 1. The molecule has 15 heteroatoms. The van der Waals surface area contributed by atoms with Gasteiger partial charge < -0.3 is 21.6 Å². The average molecular weight is 532 g/mol. The Kier molecular flexibility index (Phi) is 8.29. The highest BCUT2D eigenvalue weighted by atomic mass is 32.2. The third-order valence-corrected chi connectivity index (χ3v) is 6.48. The van der Waals surface area contributed by atoms with E-state index in [2.05, 4.69) is 37.6 Å². The summed E-state index contributed by atoms with van der Waals surface area (Å²) in [6, 6.07) is 3.21. The Balaban J connectivity index is 2.04. The number of hydrogen-bond acceptors (Lipinski definition) is 8. The number of rotatable bonds is 10. The number of nitrogens with zero attached hydrogens (tertiary/aromatic N) is 3. The summed E-state index contributed by atoms with van der Waals surface area (Å²) in [5.41, 5.74) is 1.70. The number of benzene rings is 1. The van der Waals surface area contributed by atoms with E-state index in [1.54, 1.807) is 6.92 Å². The SMILES string of the molecule is C=NN/C(=N\N)N/C=C(\C=N)c1cnc2[nH]cc(C(=O)c3c(F)ccc(NS(=O)(=O)CCC)c3F)c2c1. The molecule has 2 heterocycles. The maximum Gasteiger partial charge on any atom is 0.237 e. The molecule has 7 N–H and O–H groups in total. The van der Waals surface area contributed by atoms with Crippen molar-refractivity contribution in [3.63, 3.8) is 0 Å². The number of aromatic nitrogens is 2. The van der Waals surface area contributed by atoms with E-state index >= 15 is 4.39 Å². The predicted octanol–water partition coefficient (Wildman–Crippen LogP) is 2.24. The Morgan fingerprint density at radius 1 is 1.35 bits per heavy atom. The van der Waals surface area contributed by atoms with Gasteiger partial charge in [0, 0.05) is 53.6 Å². The van der Waals surface area contributed by atoms with Gasteiger partial charge in [-0.15, -0.1) is 5.10 Å².